The van der Waals surface area contributed by atoms with Gasteiger partial charge in [0.05, 0.1) is 31.3 Å². The second-order valence-corrected chi connectivity index (χ2v) is 9.06. The zero-order chi connectivity index (χ0) is 27.7. The fourth-order valence-electron chi connectivity index (χ4n) is 4.15. The molecular weight excluding hydrogens is 505 g/mol. The third-order valence-electron chi connectivity index (χ3n) is 6.28. The Labute approximate surface area is 223 Å². The van der Waals surface area contributed by atoms with Gasteiger partial charge in [-0.2, -0.15) is 23.0 Å². The van der Waals surface area contributed by atoms with Crippen LogP contribution >= 0.6 is 0 Å². The molecule has 0 bridgehead atoms. The van der Waals surface area contributed by atoms with Gasteiger partial charge in [-0.3, -0.25) is 0 Å². The minimum absolute atomic E-state index is 0.0653. The standard InChI is InChI=1S/C30H25F3N4O2/c1-18-5-9-20(10-6-18)24-16-25(21-11-7-19(2)8-12-21)37(36-24)29-34-23(17-28(35-29)30(31,32)33)22-13-14-26(38-3)27(15-22)39-4/h5-17H,1-4H3. The van der Waals surface area contributed by atoms with E-state index < -0.39 is 11.9 Å². The van der Waals surface area contributed by atoms with Crippen LogP contribution in [0.1, 0.15) is 16.8 Å². The van der Waals surface area contributed by atoms with Crippen LogP contribution in [0.5, 0.6) is 11.5 Å². The Balaban J connectivity index is 1.74. The SMILES string of the molecule is COc1ccc(-c2cc(C(F)(F)F)nc(-n3nc(-c4ccc(C)cc4)cc3-c3ccc(C)cc3)n2)cc1OC. The molecule has 0 saturated carbocycles. The van der Waals surface area contributed by atoms with Crippen molar-refractivity contribution in [2.24, 2.45) is 0 Å². The highest BCUT2D eigenvalue weighted by molar-refractivity contribution is 5.71. The molecule has 0 fully saturated rings. The Kier molecular flexibility index (Phi) is 6.82. The number of benzene rings is 3. The lowest BCUT2D eigenvalue weighted by Crippen LogP contribution is -2.14. The van der Waals surface area contributed by atoms with Crippen LogP contribution < -0.4 is 9.47 Å². The third kappa shape index (κ3) is 5.34. The van der Waals surface area contributed by atoms with Crippen LogP contribution in [0.15, 0.2) is 78.9 Å². The van der Waals surface area contributed by atoms with Gasteiger partial charge in [0.25, 0.3) is 5.95 Å². The van der Waals surface area contributed by atoms with E-state index in [1.54, 1.807) is 18.2 Å². The average molecular weight is 531 g/mol. The van der Waals surface area contributed by atoms with Crippen molar-refractivity contribution in [1.29, 1.82) is 0 Å². The van der Waals surface area contributed by atoms with Gasteiger partial charge < -0.3 is 9.47 Å². The minimum Gasteiger partial charge on any atom is -0.493 e. The molecule has 9 heteroatoms. The van der Waals surface area contributed by atoms with Crippen molar-refractivity contribution in [1.82, 2.24) is 19.7 Å². The van der Waals surface area contributed by atoms with Crippen LogP contribution in [-0.4, -0.2) is 34.0 Å². The molecule has 5 aromatic rings. The highest BCUT2D eigenvalue weighted by Gasteiger charge is 2.34. The monoisotopic (exact) mass is 530 g/mol. The molecule has 0 N–H and O–H groups in total. The molecule has 2 heterocycles. The molecule has 5 rings (SSSR count). The summed E-state index contributed by atoms with van der Waals surface area (Å²) in [5.74, 6) is 0.608. The van der Waals surface area contributed by atoms with Crippen LogP contribution in [0.2, 0.25) is 0 Å². The van der Waals surface area contributed by atoms with Gasteiger partial charge in [-0.1, -0.05) is 59.7 Å². The van der Waals surface area contributed by atoms with Gasteiger partial charge in [0.2, 0.25) is 0 Å². The zero-order valence-electron chi connectivity index (χ0n) is 21.7. The molecule has 0 spiro atoms. The number of nitrogens with zero attached hydrogens (tertiary/aromatic N) is 4. The lowest BCUT2D eigenvalue weighted by molar-refractivity contribution is -0.141. The van der Waals surface area contributed by atoms with Crippen LogP contribution in [-0.2, 0) is 6.18 Å². The number of aromatic nitrogens is 4. The number of aryl methyl sites for hydroxylation is 2. The maximum atomic E-state index is 14.1. The normalized spacial score (nSPS) is 11.5. The van der Waals surface area contributed by atoms with Crippen LogP contribution in [0.3, 0.4) is 0 Å². The number of hydrogen-bond acceptors (Lipinski definition) is 5. The summed E-state index contributed by atoms with van der Waals surface area (Å²) in [6, 6.07) is 23.0. The summed E-state index contributed by atoms with van der Waals surface area (Å²) in [6.45, 7) is 3.94. The smallest absolute Gasteiger partial charge is 0.433 e. The van der Waals surface area contributed by atoms with E-state index in [9.17, 15) is 13.2 Å². The van der Waals surface area contributed by atoms with Gasteiger partial charge in [0.1, 0.15) is 0 Å². The summed E-state index contributed by atoms with van der Waals surface area (Å²) in [6.07, 6.45) is -4.71. The van der Waals surface area contributed by atoms with Crippen molar-refractivity contribution in [3.8, 4) is 51.2 Å². The summed E-state index contributed by atoms with van der Waals surface area (Å²) in [7, 11) is 2.94. The Morgan fingerprint density at radius 1 is 0.641 bits per heavy atom. The number of ether oxygens (including phenoxy) is 2. The fourth-order valence-corrected chi connectivity index (χ4v) is 4.15. The topological polar surface area (TPSA) is 62.1 Å². The summed E-state index contributed by atoms with van der Waals surface area (Å²) >= 11 is 0. The fraction of sp³-hybridized carbons (Fsp3) is 0.167. The number of alkyl halides is 3. The van der Waals surface area contributed by atoms with Gasteiger partial charge in [0, 0.05) is 16.7 Å². The first-order valence-corrected chi connectivity index (χ1v) is 12.1. The van der Waals surface area contributed by atoms with Gasteiger partial charge in [-0.05, 0) is 44.2 Å². The predicted octanol–water partition coefficient (Wildman–Crippen LogP) is 7.32. The number of halogens is 3. The Bertz CT molecular complexity index is 1630. The van der Waals surface area contributed by atoms with Crippen molar-refractivity contribution in [2.75, 3.05) is 14.2 Å². The number of rotatable bonds is 6. The van der Waals surface area contributed by atoms with Gasteiger partial charge in [0.15, 0.2) is 17.2 Å². The van der Waals surface area contributed by atoms with Gasteiger partial charge in [-0.25, -0.2) is 9.97 Å². The maximum Gasteiger partial charge on any atom is 0.433 e. The Morgan fingerprint density at radius 2 is 1.23 bits per heavy atom. The van der Waals surface area contributed by atoms with E-state index in [1.165, 1.54) is 18.9 Å². The minimum atomic E-state index is -4.71. The average Bonchev–Trinajstić information content (AvgIpc) is 3.38. The summed E-state index contributed by atoms with van der Waals surface area (Å²) in [5.41, 5.74) is 4.24. The van der Waals surface area contributed by atoms with E-state index in [0.717, 1.165) is 28.3 Å². The third-order valence-corrected chi connectivity index (χ3v) is 6.28. The number of hydrogen-bond donors (Lipinski definition) is 0. The lowest BCUT2D eigenvalue weighted by Gasteiger charge is -2.14. The highest BCUT2D eigenvalue weighted by atomic mass is 19.4. The molecule has 0 unspecified atom stereocenters. The van der Waals surface area contributed by atoms with E-state index >= 15 is 0 Å². The molecule has 3 aromatic carbocycles. The van der Waals surface area contributed by atoms with E-state index in [0.29, 0.717) is 28.5 Å². The molecule has 39 heavy (non-hydrogen) atoms. The van der Waals surface area contributed by atoms with Crippen molar-refractivity contribution in [3.63, 3.8) is 0 Å². The van der Waals surface area contributed by atoms with Crippen molar-refractivity contribution in [2.45, 2.75) is 20.0 Å². The molecule has 0 saturated heterocycles. The van der Waals surface area contributed by atoms with Crippen molar-refractivity contribution < 1.29 is 22.6 Å². The first kappa shape index (κ1) is 26.0. The lowest BCUT2D eigenvalue weighted by atomic mass is 10.1. The van der Waals surface area contributed by atoms with E-state index in [-0.39, 0.29) is 11.6 Å². The summed E-state index contributed by atoms with van der Waals surface area (Å²) in [5, 5.41) is 4.68. The second-order valence-electron chi connectivity index (χ2n) is 9.06. The van der Waals surface area contributed by atoms with E-state index in [2.05, 4.69) is 15.1 Å². The van der Waals surface area contributed by atoms with Crippen molar-refractivity contribution in [3.05, 3.63) is 95.7 Å². The largest absolute Gasteiger partial charge is 0.493 e. The highest BCUT2D eigenvalue weighted by Crippen LogP contribution is 2.36. The predicted molar refractivity (Wildman–Crippen MR) is 143 cm³/mol. The van der Waals surface area contributed by atoms with Crippen molar-refractivity contribution >= 4 is 0 Å². The van der Waals surface area contributed by atoms with E-state index in [4.69, 9.17) is 9.47 Å². The molecule has 0 aliphatic carbocycles. The van der Waals surface area contributed by atoms with Gasteiger partial charge in [-0.15, -0.1) is 0 Å². The van der Waals surface area contributed by atoms with E-state index in [1.807, 2.05) is 68.4 Å². The van der Waals surface area contributed by atoms with Crippen LogP contribution in [0.25, 0.3) is 39.7 Å². The first-order chi connectivity index (χ1) is 18.7. The number of methoxy groups -OCH3 is 2. The zero-order valence-corrected chi connectivity index (χ0v) is 21.7. The van der Waals surface area contributed by atoms with Gasteiger partial charge >= 0.3 is 6.18 Å². The molecule has 198 valence electrons. The molecule has 0 aliphatic heterocycles. The first-order valence-electron chi connectivity index (χ1n) is 12.1. The Hall–Kier alpha value is -4.66. The molecule has 0 atom stereocenters. The molecule has 0 radical (unpaired) electrons. The molecule has 0 amide bonds. The summed E-state index contributed by atoms with van der Waals surface area (Å²) in [4.78, 5) is 8.45. The molecular formula is C30H25F3N4O2. The van der Waals surface area contributed by atoms with Crippen LogP contribution in [0.4, 0.5) is 13.2 Å². The maximum absolute atomic E-state index is 14.1. The van der Waals surface area contributed by atoms with Crippen LogP contribution in [0, 0.1) is 13.8 Å². The quantitative estimate of drug-likeness (QED) is 0.230. The Morgan fingerprint density at radius 3 is 1.82 bits per heavy atom. The molecule has 6 nitrogen and oxygen atoms in total. The molecule has 2 aromatic heterocycles. The summed E-state index contributed by atoms with van der Waals surface area (Å²) < 4.78 is 54.1. The second kappa shape index (κ2) is 10.2. The molecule has 0 aliphatic rings.